The van der Waals surface area contributed by atoms with Gasteiger partial charge in [-0.2, -0.15) is 0 Å². The molecule has 0 heterocycles. The third kappa shape index (κ3) is 3.67. The maximum absolute atomic E-state index is 11.0. The highest BCUT2D eigenvalue weighted by molar-refractivity contribution is 6.30. The van der Waals surface area contributed by atoms with Gasteiger partial charge in [0.25, 0.3) is 5.69 Å². The molecular formula is C14H19ClN2O2. The van der Waals surface area contributed by atoms with Gasteiger partial charge in [0.1, 0.15) is 0 Å². The van der Waals surface area contributed by atoms with Gasteiger partial charge < -0.3 is 5.32 Å². The topological polar surface area (TPSA) is 55.2 Å². The van der Waals surface area contributed by atoms with E-state index < -0.39 is 0 Å². The van der Waals surface area contributed by atoms with Crippen LogP contribution in [0.2, 0.25) is 5.02 Å². The molecule has 0 aliphatic heterocycles. The van der Waals surface area contributed by atoms with Crippen molar-refractivity contribution in [3.8, 4) is 0 Å². The van der Waals surface area contributed by atoms with E-state index in [0.717, 1.165) is 6.54 Å². The molecule has 104 valence electrons. The molecule has 1 aromatic carbocycles. The van der Waals surface area contributed by atoms with Crippen molar-refractivity contribution in [2.45, 2.75) is 39.2 Å². The molecule has 0 saturated heterocycles. The molecule has 0 amide bonds. The van der Waals surface area contributed by atoms with Crippen LogP contribution in [0.15, 0.2) is 18.2 Å². The van der Waals surface area contributed by atoms with E-state index in [4.69, 9.17) is 11.6 Å². The van der Waals surface area contributed by atoms with Crippen LogP contribution >= 0.6 is 11.6 Å². The molecule has 0 atom stereocenters. The van der Waals surface area contributed by atoms with Gasteiger partial charge in [-0.25, -0.2) is 0 Å². The standard InChI is InChI=1S/C14H19ClN2O2/c1-14(6-2-3-7-14)10-16-9-11-4-5-12(15)8-13(11)17(18)19/h4-5,8,16H,2-3,6-7,9-10H2,1H3. The van der Waals surface area contributed by atoms with Gasteiger partial charge >= 0.3 is 0 Å². The number of nitro groups is 1. The Morgan fingerprint density at radius 3 is 2.74 bits per heavy atom. The van der Waals surface area contributed by atoms with Gasteiger partial charge in [0.05, 0.1) is 4.92 Å². The summed E-state index contributed by atoms with van der Waals surface area (Å²) in [5, 5.41) is 14.7. The molecule has 0 aromatic heterocycles. The lowest BCUT2D eigenvalue weighted by Gasteiger charge is -2.23. The normalized spacial score (nSPS) is 17.6. The smallest absolute Gasteiger partial charge is 0.275 e. The molecule has 2 rings (SSSR count). The first-order valence-corrected chi connectivity index (χ1v) is 7.02. The van der Waals surface area contributed by atoms with Crippen LogP contribution in [-0.2, 0) is 6.54 Å². The highest BCUT2D eigenvalue weighted by atomic mass is 35.5. The van der Waals surface area contributed by atoms with Crippen LogP contribution in [0.5, 0.6) is 0 Å². The third-order valence-corrected chi connectivity index (χ3v) is 4.16. The Balaban J connectivity index is 1.97. The van der Waals surface area contributed by atoms with Crippen molar-refractivity contribution >= 4 is 17.3 Å². The van der Waals surface area contributed by atoms with E-state index in [1.807, 2.05) is 0 Å². The Morgan fingerprint density at radius 1 is 1.42 bits per heavy atom. The summed E-state index contributed by atoms with van der Waals surface area (Å²) in [5.41, 5.74) is 1.13. The number of nitrogens with zero attached hydrogens (tertiary/aromatic N) is 1. The van der Waals surface area contributed by atoms with Crippen LogP contribution in [0.3, 0.4) is 0 Å². The van der Waals surface area contributed by atoms with Gasteiger partial charge in [-0.15, -0.1) is 0 Å². The van der Waals surface area contributed by atoms with E-state index in [2.05, 4.69) is 12.2 Å². The van der Waals surface area contributed by atoms with Crippen LogP contribution < -0.4 is 5.32 Å². The van der Waals surface area contributed by atoms with Crippen molar-refractivity contribution in [3.05, 3.63) is 38.9 Å². The van der Waals surface area contributed by atoms with E-state index >= 15 is 0 Å². The van der Waals surface area contributed by atoms with Crippen LogP contribution in [0.1, 0.15) is 38.2 Å². The Labute approximate surface area is 118 Å². The summed E-state index contributed by atoms with van der Waals surface area (Å²) >= 11 is 5.80. The van der Waals surface area contributed by atoms with Crippen LogP contribution in [0.25, 0.3) is 0 Å². The molecule has 0 radical (unpaired) electrons. The summed E-state index contributed by atoms with van der Waals surface area (Å²) in [6, 6.07) is 4.84. The summed E-state index contributed by atoms with van der Waals surface area (Å²) in [6.07, 6.45) is 5.06. The minimum Gasteiger partial charge on any atom is -0.312 e. The lowest BCUT2D eigenvalue weighted by atomic mass is 9.89. The fourth-order valence-electron chi connectivity index (χ4n) is 2.76. The van der Waals surface area contributed by atoms with E-state index in [0.29, 0.717) is 22.5 Å². The van der Waals surface area contributed by atoms with E-state index in [9.17, 15) is 10.1 Å². The van der Waals surface area contributed by atoms with E-state index in [-0.39, 0.29) is 10.6 Å². The number of nitro benzene ring substituents is 1. The fourth-order valence-corrected chi connectivity index (χ4v) is 2.93. The first kappa shape index (κ1) is 14.3. The zero-order valence-corrected chi connectivity index (χ0v) is 11.9. The van der Waals surface area contributed by atoms with Crippen molar-refractivity contribution in [3.63, 3.8) is 0 Å². The Kier molecular flexibility index (Phi) is 4.42. The molecule has 1 aliphatic carbocycles. The molecule has 4 nitrogen and oxygen atoms in total. The average molecular weight is 283 g/mol. The predicted octanol–water partition coefficient (Wildman–Crippen LogP) is 3.92. The third-order valence-electron chi connectivity index (χ3n) is 3.92. The Bertz CT molecular complexity index is 471. The minimum absolute atomic E-state index is 0.0941. The van der Waals surface area contributed by atoms with Gasteiger partial charge in [-0.3, -0.25) is 10.1 Å². The van der Waals surface area contributed by atoms with Crippen molar-refractivity contribution < 1.29 is 4.92 Å². The average Bonchev–Trinajstić information content (AvgIpc) is 2.78. The Morgan fingerprint density at radius 2 is 2.11 bits per heavy atom. The lowest BCUT2D eigenvalue weighted by molar-refractivity contribution is -0.385. The van der Waals surface area contributed by atoms with Gasteiger partial charge in [0.2, 0.25) is 0 Å². The highest BCUT2D eigenvalue weighted by Crippen LogP contribution is 2.36. The highest BCUT2D eigenvalue weighted by Gasteiger charge is 2.28. The second kappa shape index (κ2) is 5.88. The molecule has 0 spiro atoms. The summed E-state index contributed by atoms with van der Waals surface area (Å²) in [5.74, 6) is 0. The molecule has 1 saturated carbocycles. The molecule has 19 heavy (non-hydrogen) atoms. The lowest BCUT2D eigenvalue weighted by Crippen LogP contribution is -2.29. The largest absolute Gasteiger partial charge is 0.312 e. The molecule has 0 unspecified atom stereocenters. The van der Waals surface area contributed by atoms with Gasteiger partial charge in [0.15, 0.2) is 0 Å². The van der Waals surface area contributed by atoms with Crippen molar-refractivity contribution in [1.82, 2.24) is 5.32 Å². The molecule has 1 N–H and O–H groups in total. The van der Waals surface area contributed by atoms with Crippen molar-refractivity contribution in [1.29, 1.82) is 0 Å². The predicted molar refractivity (Wildman–Crippen MR) is 76.4 cm³/mol. The van der Waals surface area contributed by atoms with E-state index in [1.54, 1.807) is 12.1 Å². The maximum atomic E-state index is 11.0. The van der Waals surface area contributed by atoms with Gasteiger partial charge in [0, 0.05) is 29.7 Å². The maximum Gasteiger partial charge on any atom is 0.275 e. The number of hydrogen-bond acceptors (Lipinski definition) is 3. The zero-order valence-electron chi connectivity index (χ0n) is 11.1. The molecule has 1 aromatic rings. The monoisotopic (exact) mass is 282 g/mol. The first-order chi connectivity index (χ1) is 9.00. The fraction of sp³-hybridized carbons (Fsp3) is 0.571. The number of rotatable bonds is 5. The number of halogens is 1. The second-order valence-corrected chi connectivity index (χ2v) is 6.09. The van der Waals surface area contributed by atoms with Gasteiger partial charge in [-0.1, -0.05) is 31.4 Å². The van der Waals surface area contributed by atoms with Crippen LogP contribution in [0.4, 0.5) is 5.69 Å². The Hall–Kier alpha value is -1.13. The molecular weight excluding hydrogens is 264 g/mol. The molecule has 1 aliphatic rings. The SMILES string of the molecule is CC1(CNCc2ccc(Cl)cc2[N+](=O)[O-])CCCC1. The molecule has 1 fully saturated rings. The first-order valence-electron chi connectivity index (χ1n) is 6.64. The zero-order chi connectivity index (χ0) is 13.9. The van der Waals surface area contributed by atoms with Crippen LogP contribution in [-0.4, -0.2) is 11.5 Å². The number of nitrogens with one attached hydrogen (secondary N) is 1. The summed E-state index contributed by atoms with van der Waals surface area (Å²) in [6.45, 7) is 3.71. The minimum atomic E-state index is -0.375. The van der Waals surface area contributed by atoms with Crippen molar-refractivity contribution in [2.24, 2.45) is 5.41 Å². The van der Waals surface area contributed by atoms with Crippen molar-refractivity contribution in [2.75, 3.05) is 6.54 Å². The number of hydrogen-bond donors (Lipinski definition) is 1. The molecule has 0 bridgehead atoms. The van der Waals surface area contributed by atoms with E-state index in [1.165, 1.54) is 31.7 Å². The second-order valence-electron chi connectivity index (χ2n) is 5.65. The molecule has 5 heteroatoms. The van der Waals surface area contributed by atoms with Crippen LogP contribution in [0, 0.1) is 15.5 Å². The number of benzene rings is 1. The quantitative estimate of drug-likeness (QED) is 0.658. The summed E-state index contributed by atoms with van der Waals surface area (Å²) in [7, 11) is 0. The summed E-state index contributed by atoms with van der Waals surface area (Å²) in [4.78, 5) is 10.6. The van der Waals surface area contributed by atoms with Gasteiger partial charge in [-0.05, 0) is 30.4 Å². The summed E-state index contributed by atoms with van der Waals surface area (Å²) < 4.78 is 0.